The number of carbonyl (C=O) groups excluding carboxylic acids is 1. The summed E-state index contributed by atoms with van der Waals surface area (Å²) in [6.45, 7) is 8.76. The van der Waals surface area contributed by atoms with Gasteiger partial charge in [0.2, 0.25) is 11.8 Å². The second kappa shape index (κ2) is 6.74. The molecule has 6 nitrogen and oxygen atoms in total. The molecule has 1 aliphatic rings. The summed E-state index contributed by atoms with van der Waals surface area (Å²) in [5.74, 6) is 0.884. The zero-order chi connectivity index (χ0) is 15.4. The van der Waals surface area contributed by atoms with Crippen LogP contribution in [-0.4, -0.2) is 41.2 Å². The molecule has 6 heteroatoms. The van der Waals surface area contributed by atoms with Crippen LogP contribution in [0.3, 0.4) is 0 Å². The van der Waals surface area contributed by atoms with Crippen LogP contribution in [0.5, 0.6) is 5.88 Å². The lowest BCUT2D eigenvalue weighted by molar-refractivity contribution is -0.144. The first-order valence-electron chi connectivity index (χ1n) is 7.47. The van der Waals surface area contributed by atoms with Crippen molar-refractivity contribution in [1.82, 2.24) is 9.97 Å². The van der Waals surface area contributed by atoms with Gasteiger partial charge in [-0.1, -0.05) is 0 Å². The summed E-state index contributed by atoms with van der Waals surface area (Å²) in [7, 11) is 0. The van der Waals surface area contributed by atoms with E-state index >= 15 is 0 Å². The topological polar surface area (TPSA) is 64.5 Å². The Labute approximate surface area is 125 Å². The lowest BCUT2D eigenvalue weighted by atomic mass is 10.2. The molecule has 0 N–H and O–H groups in total. The summed E-state index contributed by atoms with van der Waals surface area (Å²) in [6.07, 6.45) is 1.75. The molecule has 0 bridgehead atoms. The highest BCUT2D eigenvalue weighted by atomic mass is 16.5. The minimum atomic E-state index is -0.293. The Bertz CT molecular complexity index is 505. The van der Waals surface area contributed by atoms with Gasteiger partial charge in [-0.2, -0.15) is 4.98 Å². The van der Waals surface area contributed by atoms with Crippen LogP contribution >= 0.6 is 0 Å². The number of aryl methyl sites for hydroxylation is 1. The van der Waals surface area contributed by atoms with Crippen LogP contribution in [0.4, 0.5) is 5.95 Å². The average molecular weight is 293 g/mol. The third kappa shape index (κ3) is 3.83. The van der Waals surface area contributed by atoms with E-state index in [9.17, 15) is 4.79 Å². The molecule has 0 spiro atoms. The molecule has 0 amide bonds. The van der Waals surface area contributed by atoms with Gasteiger partial charge in [-0.25, -0.2) is 9.78 Å². The average Bonchev–Trinajstić information content (AvgIpc) is 2.86. The Kier molecular flexibility index (Phi) is 4.98. The summed E-state index contributed by atoms with van der Waals surface area (Å²) in [5.41, 5.74) is 0.824. The van der Waals surface area contributed by atoms with E-state index in [0.717, 1.165) is 25.1 Å². The quantitative estimate of drug-likeness (QED) is 0.775. The van der Waals surface area contributed by atoms with Gasteiger partial charge in [0.15, 0.2) is 0 Å². The normalized spacial score (nSPS) is 18.1. The first-order chi connectivity index (χ1) is 10.0. The van der Waals surface area contributed by atoms with E-state index in [1.165, 1.54) is 0 Å². The summed E-state index contributed by atoms with van der Waals surface area (Å²) < 4.78 is 10.8. The maximum absolute atomic E-state index is 12.0. The van der Waals surface area contributed by atoms with E-state index in [-0.39, 0.29) is 18.1 Å². The van der Waals surface area contributed by atoms with Crippen LogP contribution < -0.4 is 9.64 Å². The summed E-state index contributed by atoms with van der Waals surface area (Å²) in [5, 5.41) is 0. The maximum Gasteiger partial charge on any atom is 0.328 e. The zero-order valence-electron chi connectivity index (χ0n) is 13.1. The molecule has 1 atom stereocenters. The molecule has 0 saturated carbocycles. The number of esters is 1. The number of carbonyl (C=O) groups is 1. The highest BCUT2D eigenvalue weighted by Crippen LogP contribution is 2.25. The molecule has 2 rings (SSSR count). The molecule has 1 aromatic rings. The minimum Gasteiger partial charge on any atom is -0.475 e. The summed E-state index contributed by atoms with van der Waals surface area (Å²) in [6, 6.07) is 1.51. The second-order valence-corrected chi connectivity index (χ2v) is 5.42. The van der Waals surface area contributed by atoms with Crippen molar-refractivity contribution in [3.63, 3.8) is 0 Å². The smallest absolute Gasteiger partial charge is 0.328 e. The van der Waals surface area contributed by atoms with E-state index in [0.29, 0.717) is 18.4 Å². The van der Waals surface area contributed by atoms with Gasteiger partial charge in [0.25, 0.3) is 0 Å². The van der Waals surface area contributed by atoms with Crippen LogP contribution in [0.15, 0.2) is 6.07 Å². The van der Waals surface area contributed by atoms with Gasteiger partial charge in [-0.05, 0) is 40.5 Å². The first-order valence-corrected chi connectivity index (χ1v) is 7.47. The zero-order valence-corrected chi connectivity index (χ0v) is 13.1. The van der Waals surface area contributed by atoms with E-state index in [1.807, 2.05) is 32.6 Å². The second-order valence-electron chi connectivity index (χ2n) is 5.42. The van der Waals surface area contributed by atoms with Crippen molar-refractivity contribution in [2.75, 3.05) is 18.1 Å². The van der Waals surface area contributed by atoms with Gasteiger partial charge in [-0.3, -0.25) is 0 Å². The number of hydrogen-bond donors (Lipinski definition) is 0. The highest BCUT2D eigenvalue weighted by molar-refractivity contribution is 5.80. The Morgan fingerprint density at radius 1 is 1.48 bits per heavy atom. The Morgan fingerprint density at radius 3 is 2.90 bits per heavy atom. The highest BCUT2D eigenvalue weighted by Gasteiger charge is 2.33. The van der Waals surface area contributed by atoms with E-state index in [4.69, 9.17) is 9.47 Å². The van der Waals surface area contributed by atoms with Crippen molar-refractivity contribution >= 4 is 11.9 Å². The van der Waals surface area contributed by atoms with Gasteiger partial charge < -0.3 is 14.4 Å². The van der Waals surface area contributed by atoms with Crippen molar-refractivity contribution in [3.8, 4) is 5.88 Å². The molecule has 21 heavy (non-hydrogen) atoms. The van der Waals surface area contributed by atoms with E-state index in [1.54, 1.807) is 6.07 Å². The number of ether oxygens (including phenoxy) is 2. The van der Waals surface area contributed by atoms with Gasteiger partial charge in [-0.15, -0.1) is 0 Å². The van der Waals surface area contributed by atoms with Crippen molar-refractivity contribution in [2.24, 2.45) is 0 Å². The summed E-state index contributed by atoms with van der Waals surface area (Å²) in [4.78, 5) is 22.8. The van der Waals surface area contributed by atoms with Crippen molar-refractivity contribution in [3.05, 3.63) is 11.8 Å². The molecule has 116 valence electrons. The fourth-order valence-electron chi connectivity index (χ4n) is 2.44. The largest absolute Gasteiger partial charge is 0.475 e. The van der Waals surface area contributed by atoms with E-state index in [2.05, 4.69) is 9.97 Å². The van der Waals surface area contributed by atoms with Crippen LogP contribution in [-0.2, 0) is 9.53 Å². The fraction of sp³-hybridized carbons (Fsp3) is 0.667. The SMILES string of the molecule is CCOC(=O)C1CCCN1c1nc(C)cc(OC(C)C)n1. The first kappa shape index (κ1) is 15.5. The van der Waals surface area contributed by atoms with Crippen LogP contribution in [0.2, 0.25) is 0 Å². The van der Waals surface area contributed by atoms with Gasteiger partial charge in [0.1, 0.15) is 6.04 Å². The van der Waals surface area contributed by atoms with Crippen molar-refractivity contribution < 1.29 is 14.3 Å². The van der Waals surface area contributed by atoms with Crippen molar-refractivity contribution in [2.45, 2.75) is 52.7 Å². The molecule has 1 fully saturated rings. The molecule has 1 aromatic heterocycles. The molecule has 0 aliphatic carbocycles. The Morgan fingerprint density at radius 2 is 2.24 bits per heavy atom. The molecule has 1 aliphatic heterocycles. The number of aromatic nitrogens is 2. The van der Waals surface area contributed by atoms with Gasteiger partial charge in [0, 0.05) is 18.3 Å². The fourth-order valence-corrected chi connectivity index (χ4v) is 2.44. The number of nitrogens with zero attached hydrogens (tertiary/aromatic N) is 3. The minimum absolute atomic E-state index is 0.0478. The van der Waals surface area contributed by atoms with Crippen LogP contribution in [0.1, 0.15) is 39.3 Å². The lowest BCUT2D eigenvalue weighted by Gasteiger charge is -2.23. The van der Waals surface area contributed by atoms with Crippen molar-refractivity contribution in [1.29, 1.82) is 0 Å². The third-order valence-corrected chi connectivity index (χ3v) is 3.24. The van der Waals surface area contributed by atoms with Crippen LogP contribution in [0, 0.1) is 6.92 Å². The maximum atomic E-state index is 12.0. The summed E-state index contributed by atoms with van der Waals surface area (Å²) >= 11 is 0. The molecule has 1 saturated heterocycles. The van der Waals surface area contributed by atoms with Gasteiger partial charge in [0.05, 0.1) is 12.7 Å². The number of rotatable bonds is 5. The number of anilines is 1. The lowest BCUT2D eigenvalue weighted by Crippen LogP contribution is -2.38. The molecule has 2 heterocycles. The van der Waals surface area contributed by atoms with E-state index < -0.39 is 0 Å². The van der Waals surface area contributed by atoms with Gasteiger partial charge >= 0.3 is 5.97 Å². The standard InChI is InChI=1S/C15H23N3O3/c1-5-20-14(19)12-7-6-8-18(12)15-16-11(4)9-13(17-15)21-10(2)3/h9-10,12H,5-8H2,1-4H3. The number of hydrogen-bond acceptors (Lipinski definition) is 6. The Hall–Kier alpha value is -1.85. The molecule has 0 aromatic carbocycles. The molecular formula is C15H23N3O3. The Balaban J connectivity index is 2.23. The molecular weight excluding hydrogens is 270 g/mol. The molecule has 1 unspecified atom stereocenters. The predicted octanol–water partition coefficient (Wildman–Crippen LogP) is 2.10. The predicted molar refractivity (Wildman–Crippen MR) is 79.5 cm³/mol. The van der Waals surface area contributed by atoms with Crippen LogP contribution in [0.25, 0.3) is 0 Å². The molecule has 0 radical (unpaired) electrons. The third-order valence-electron chi connectivity index (χ3n) is 3.24. The monoisotopic (exact) mass is 293 g/mol.